The highest BCUT2D eigenvalue weighted by Gasteiger charge is 2.67. The van der Waals surface area contributed by atoms with E-state index in [0.29, 0.717) is 0 Å². The molecule has 1 spiro atoms. The Morgan fingerprint density at radius 1 is 1.43 bits per heavy atom. The van der Waals surface area contributed by atoms with Crippen LogP contribution in [-0.4, -0.2) is 0 Å². The quantitative estimate of drug-likeness (QED) is 0.398. The third-order valence-corrected chi connectivity index (χ3v) is 2.99. The summed E-state index contributed by atoms with van der Waals surface area (Å²) in [5, 5.41) is 0. The second kappa shape index (κ2) is 0.521. The van der Waals surface area contributed by atoms with Crippen molar-refractivity contribution in [2.75, 3.05) is 0 Å². The van der Waals surface area contributed by atoms with E-state index in [1.165, 1.54) is 12.8 Å². The van der Waals surface area contributed by atoms with E-state index in [0.717, 1.165) is 17.3 Å². The second-order valence-electron chi connectivity index (χ2n) is 3.27. The van der Waals surface area contributed by atoms with Gasteiger partial charge >= 0.3 is 0 Å². The first-order valence-electron chi connectivity index (χ1n) is 3.10. The van der Waals surface area contributed by atoms with E-state index in [4.69, 9.17) is 0 Å². The fourth-order valence-corrected chi connectivity index (χ4v) is 2.36. The van der Waals surface area contributed by atoms with E-state index in [1.54, 1.807) is 0 Å². The van der Waals surface area contributed by atoms with Gasteiger partial charge in [-0.1, -0.05) is 12.2 Å². The Labute approximate surface area is 43.2 Å². The topological polar surface area (TPSA) is 0 Å². The molecule has 3 atom stereocenters. The van der Waals surface area contributed by atoms with E-state index in [2.05, 4.69) is 12.2 Å². The molecule has 2 saturated carbocycles. The van der Waals surface area contributed by atoms with Gasteiger partial charge in [0.05, 0.1) is 0 Å². The summed E-state index contributed by atoms with van der Waals surface area (Å²) in [6, 6.07) is 0. The van der Waals surface area contributed by atoms with Gasteiger partial charge in [-0.2, -0.15) is 0 Å². The van der Waals surface area contributed by atoms with Crippen molar-refractivity contribution < 1.29 is 0 Å². The lowest BCUT2D eigenvalue weighted by atomic mass is 9.83. The first-order valence-corrected chi connectivity index (χ1v) is 3.10. The Hall–Kier alpha value is -0.260. The monoisotopic (exact) mass is 92.1 g/mol. The van der Waals surface area contributed by atoms with Gasteiger partial charge in [-0.15, -0.1) is 0 Å². The maximum Gasteiger partial charge on any atom is -0.00751 e. The van der Waals surface area contributed by atoms with Gasteiger partial charge < -0.3 is 0 Å². The number of hydrogen-bond acceptors (Lipinski definition) is 0. The molecule has 0 heterocycles. The minimum absolute atomic E-state index is 0.824. The van der Waals surface area contributed by atoms with E-state index in [-0.39, 0.29) is 0 Å². The zero-order chi connectivity index (χ0) is 4.48. The van der Waals surface area contributed by atoms with Gasteiger partial charge in [-0.25, -0.2) is 0 Å². The average molecular weight is 92.1 g/mol. The van der Waals surface area contributed by atoms with Gasteiger partial charge in [0.15, 0.2) is 0 Å². The molecule has 0 amide bonds. The van der Waals surface area contributed by atoms with Crippen LogP contribution in [0.2, 0.25) is 0 Å². The molecule has 4 aliphatic carbocycles. The van der Waals surface area contributed by atoms with Crippen molar-refractivity contribution in [2.45, 2.75) is 12.8 Å². The highest BCUT2D eigenvalue weighted by Crippen LogP contribution is 2.76. The average Bonchev–Trinajstić information content (AvgIpc) is 2.04. The lowest BCUT2D eigenvalue weighted by Crippen LogP contribution is -2.14. The molecule has 2 fully saturated rings. The molecule has 0 N–H and O–H groups in total. The van der Waals surface area contributed by atoms with Crippen molar-refractivity contribution in [3.05, 3.63) is 12.2 Å². The first kappa shape index (κ1) is 2.91. The zero-order valence-electron chi connectivity index (χ0n) is 4.22. The second-order valence-corrected chi connectivity index (χ2v) is 3.27. The number of allylic oxidation sites excluding steroid dienone is 2. The molecule has 0 aliphatic heterocycles. The molecule has 0 radical (unpaired) electrons. The lowest BCUT2D eigenvalue weighted by molar-refractivity contribution is 0.317. The Morgan fingerprint density at radius 3 is 2.57 bits per heavy atom. The van der Waals surface area contributed by atoms with Crippen LogP contribution in [0, 0.1) is 17.3 Å². The lowest BCUT2D eigenvalue weighted by Gasteiger charge is -2.21. The Balaban J connectivity index is 2.29. The molecule has 0 saturated heterocycles. The molecule has 0 aromatic rings. The van der Waals surface area contributed by atoms with Crippen molar-refractivity contribution >= 4 is 0 Å². The van der Waals surface area contributed by atoms with Gasteiger partial charge in [0, 0.05) is 0 Å². The summed E-state index contributed by atoms with van der Waals surface area (Å²) in [6.45, 7) is 0. The van der Waals surface area contributed by atoms with Crippen LogP contribution in [0.3, 0.4) is 0 Å². The van der Waals surface area contributed by atoms with E-state index < -0.39 is 0 Å². The predicted molar refractivity (Wildman–Crippen MR) is 27.8 cm³/mol. The molecule has 0 aromatic carbocycles. The summed E-state index contributed by atoms with van der Waals surface area (Å²) >= 11 is 0. The summed E-state index contributed by atoms with van der Waals surface area (Å²) in [5.41, 5.74) is 0.824. The van der Waals surface area contributed by atoms with E-state index in [9.17, 15) is 0 Å². The third kappa shape index (κ3) is 0.142. The molecule has 0 heteroatoms. The summed E-state index contributed by atoms with van der Waals surface area (Å²) in [5.74, 6) is 2.19. The normalized spacial score (nSPS) is 69.7. The van der Waals surface area contributed by atoms with Gasteiger partial charge in [0.1, 0.15) is 0 Å². The molecule has 2 bridgehead atoms. The minimum Gasteiger partial charge on any atom is -0.0845 e. The van der Waals surface area contributed by atoms with Crippen LogP contribution in [0.4, 0.5) is 0 Å². The largest absolute Gasteiger partial charge is 0.0845 e. The molecule has 3 unspecified atom stereocenters. The van der Waals surface area contributed by atoms with E-state index >= 15 is 0 Å². The third-order valence-electron chi connectivity index (χ3n) is 2.99. The van der Waals surface area contributed by atoms with Crippen molar-refractivity contribution in [1.82, 2.24) is 0 Å². The highest BCUT2D eigenvalue weighted by molar-refractivity contribution is 5.34. The van der Waals surface area contributed by atoms with Crippen LogP contribution in [0.1, 0.15) is 12.8 Å². The van der Waals surface area contributed by atoms with Gasteiger partial charge in [0.25, 0.3) is 0 Å². The molecule has 4 rings (SSSR count). The molecule has 7 heavy (non-hydrogen) atoms. The van der Waals surface area contributed by atoms with Gasteiger partial charge in [-0.05, 0) is 30.1 Å². The van der Waals surface area contributed by atoms with Crippen LogP contribution < -0.4 is 0 Å². The van der Waals surface area contributed by atoms with Gasteiger partial charge in [0.2, 0.25) is 0 Å². The molecule has 36 valence electrons. The molecular weight excluding hydrogens is 84.1 g/mol. The van der Waals surface area contributed by atoms with Crippen molar-refractivity contribution in [3.63, 3.8) is 0 Å². The van der Waals surface area contributed by atoms with E-state index in [1.807, 2.05) is 0 Å². The molecular formula is C7H8. The van der Waals surface area contributed by atoms with Crippen LogP contribution in [0.15, 0.2) is 12.2 Å². The smallest absolute Gasteiger partial charge is 0.00751 e. The number of rotatable bonds is 0. The summed E-state index contributed by atoms with van der Waals surface area (Å²) in [6.07, 6.45) is 7.91. The van der Waals surface area contributed by atoms with Crippen LogP contribution in [-0.2, 0) is 0 Å². The SMILES string of the molecule is C1=CC23CC1C2C3. The summed E-state index contributed by atoms with van der Waals surface area (Å²) in [7, 11) is 0. The number of hydrogen-bond donors (Lipinski definition) is 0. The summed E-state index contributed by atoms with van der Waals surface area (Å²) in [4.78, 5) is 0. The fraction of sp³-hybridized carbons (Fsp3) is 0.714. The maximum atomic E-state index is 2.45. The van der Waals surface area contributed by atoms with Crippen LogP contribution in [0.25, 0.3) is 0 Å². The van der Waals surface area contributed by atoms with Crippen molar-refractivity contribution in [2.24, 2.45) is 17.3 Å². The van der Waals surface area contributed by atoms with Crippen molar-refractivity contribution in [3.8, 4) is 0 Å². The standard InChI is InChI=1S/C7H8/c1-2-7-3-5(1)6(7)4-7/h1-2,5-6H,3-4H2. The molecule has 0 nitrogen and oxygen atoms in total. The fourth-order valence-electron chi connectivity index (χ4n) is 2.36. The van der Waals surface area contributed by atoms with Crippen LogP contribution >= 0.6 is 0 Å². The predicted octanol–water partition coefficient (Wildman–Crippen LogP) is 1.58. The Bertz CT molecular complexity index is 157. The first-order chi connectivity index (χ1) is 3.41. The summed E-state index contributed by atoms with van der Waals surface area (Å²) < 4.78 is 0. The Kier molecular flexibility index (Phi) is 0.216. The van der Waals surface area contributed by atoms with Crippen molar-refractivity contribution in [1.29, 1.82) is 0 Å². The molecule has 4 aliphatic rings. The van der Waals surface area contributed by atoms with Crippen LogP contribution in [0.5, 0.6) is 0 Å². The Morgan fingerprint density at radius 2 is 2.43 bits per heavy atom. The molecule has 0 aromatic heterocycles. The minimum atomic E-state index is 0.824. The zero-order valence-corrected chi connectivity index (χ0v) is 4.22. The maximum absolute atomic E-state index is 2.45. The van der Waals surface area contributed by atoms with Gasteiger partial charge in [-0.3, -0.25) is 0 Å². The highest BCUT2D eigenvalue weighted by atomic mass is 14.7.